The molecule has 5 heteroatoms. The molecule has 0 radical (unpaired) electrons. The summed E-state index contributed by atoms with van der Waals surface area (Å²) in [6, 6.07) is 8.55. The number of nitrogens with one attached hydrogen (secondary N) is 2. The van der Waals surface area contributed by atoms with Crippen LogP contribution in [0.1, 0.15) is 24.1 Å². The average Bonchev–Trinajstić information content (AvgIpc) is 2.96. The molecule has 0 unspecified atom stereocenters. The van der Waals surface area contributed by atoms with Gasteiger partial charge in [0.15, 0.2) is 0 Å². The number of amides is 1. The van der Waals surface area contributed by atoms with Crippen molar-refractivity contribution in [1.82, 2.24) is 15.6 Å². The van der Waals surface area contributed by atoms with E-state index < -0.39 is 0 Å². The Morgan fingerprint density at radius 3 is 3.18 bits per heavy atom. The maximum absolute atomic E-state index is 12.1. The van der Waals surface area contributed by atoms with Crippen LogP contribution in [-0.2, 0) is 11.2 Å². The molecule has 1 fully saturated rings. The average molecular weight is 315 g/mol. The van der Waals surface area contributed by atoms with E-state index in [1.165, 1.54) is 5.56 Å². The molecule has 2 aromatic rings. The molecule has 1 aromatic carbocycles. The second-order valence-electron chi connectivity index (χ2n) is 5.80. The molecule has 116 valence electrons. The van der Waals surface area contributed by atoms with E-state index in [1.54, 1.807) is 11.3 Å². The molecular weight excluding hydrogens is 294 g/mol. The maximum Gasteiger partial charge on any atom is 0.226 e. The Morgan fingerprint density at radius 2 is 2.41 bits per heavy atom. The predicted molar refractivity (Wildman–Crippen MR) is 90.0 cm³/mol. The summed E-state index contributed by atoms with van der Waals surface area (Å²) in [6.07, 6.45) is 2.54. The molecule has 22 heavy (non-hydrogen) atoms. The zero-order chi connectivity index (χ0) is 15.4. The highest BCUT2D eigenvalue weighted by molar-refractivity contribution is 7.13. The standard InChI is InChI=1S/C17H21N3OS/c1-12-4-2-5-13(8-12)17-20-15(11-22-17)9-16(21)19-14-6-3-7-18-10-14/h2,4-5,8,11,14,18H,3,6-7,9-10H2,1H3,(H,19,21)/t14-/m0/s1. The minimum Gasteiger partial charge on any atom is -0.352 e. The third-order valence-corrected chi connectivity index (χ3v) is 4.76. The molecule has 1 aromatic heterocycles. The van der Waals surface area contributed by atoms with E-state index in [4.69, 9.17) is 0 Å². The van der Waals surface area contributed by atoms with Crippen LogP contribution in [0.4, 0.5) is 0 Å². The highest BCUT2D eigenvalue weighted by atomic mass is 32.1. The number of benzene rings is 1. The third-order valence-electron chi connectivity index (χ3n) is 3.82. The molecule has 0 saturated carbocycles. The van der Waals surface area contributed by atoms with E-state index in [-0.39, 0.29) is 11.9 Å². The number of aromatic nitrogens is 1. The number of hydrogen-bond donors (Lipinski definition) is 2. The van der Waals surface area contributed by atoms with Gasteiger partial charge in [0.2, 0.25) is 5.91 Å². The van der Waals surface area contributed by atoms with Gasteiger partial charge in [0, 0.05) is 23.5 Å². The van der Waals surface area contributed by atoms with Crippen molar-refractivity contribution in [3.05, 3.63) is 40.9 Å². The molecule has 0 aliphatic carbocycles. The molecule has 2 heterocycles. The molecule has 1 aliphatic heterocycles. The van der Waals surface area contributed by atoms with Gasteiger partial charge in [-0.25, -0.2) is 4.98 Å². The molecule has 0 bridgehead atoms. The monoisotopic (exact) mass is 315 g/mol. The van der Waals surface area contributed by atoms with Gasteiger partial charge >= 0.3 is 0 Å². The number of carbonyl (C=O) groups is 1. The summed E-state index contributed by atoms with van der Waals surface area (Å²) < 4.78 is 0. The van der Waals surface area contributed by atoms with Crippen LogP contribution >= 0.6 is 11.3 Å². The molecular formula is C17H21N3OS. The van der Waals surface area contributed by atoms with Crippen LogP contribution in [0.15, 0.2) is 29.6 Å². The van der Waals surface area contributed by atoms with E-state index in [0.717, 1.165) is 42.2 Å². The maximum atomic E-state index is 12.1. The van der Waals surface area contributed by atoms with Crippen LogP contribution in [0.3, 0.4) is 0 Å². The zero-order valence-corrected chi connectivity index (χ0v) is 13.6. The van der Waals surface area contributed by atoms with E-state index in [1.807, 2.05) is 11.4 Å². The third kappa shape index (κ3) is 3.93. The summed E-state index contributed by atoms with van der Waals surface area (Å²) in [5, 5.41) is 9.36. The van der Waals surface area contributed by atoms with Crippen LogP contribution in [0, 0.1) is 6.92 Å². The van der Waals surface area contributed by atoms with Gasteiger partial charge in [0.1, 0.15) is 5.01 Å². The molecule has 1 atom stereocenters. The fourth-order valence-electron chi connectivity index (χ4n) is 2.72. The van der Waals surface area contributed by atoms with E-state index in [9.17, 15) is 4.79 Å². The van der Waals surface area contributed by atoms with Gasteiger partial charge in [-0.1, -0.05) is 23.8 Å². The first-order chi connectivity index (χ1) is 10.7. The summed E-state index contributed by atoms with van der Waals surface area (Å²) in [6.45, 7) is 4.00. The van der Waals surface area contributed by atoms with Crippen molar-refractivity contribution in [2.45, 2.75) is 32.2 Å². The summed E-state index contributed by atoms with van der Waals surface area (Å²) in [4.78, 5) is 16.7. The first-order valence-corrected chi connectivity index (χ1v) is 8.60. The van der Waals surface area contributed by atoms with Gasteiger partial charge in [-0.2, -0.15) is 0 Å². The Morgan fingerprint density at radius 1 is 1.50 bits per heavy atom. The van der Waals surface area contributed by atoms with Gasteiger partial charge in [-0.15, -0.1) is 11.3 Å². The van der Waals surface area contributed by atoms with Crippen molar-refractivity contribution >= 4 is 17.2 Å². The van der Waals surface area contributed by atoms with Crippen molar-refractivity contribution in [3.8, 4) is 10.6 Å². The smallest absolute Gasteiger partial charge is 0.226 e. The highest BCUT2D eigenvalue weighted by Crippen LogP contribution is 2.24. The van der Waals surface area contributed by atoms with Crippen LogP contribution < -0.4 is 10.6 Å². The Labute approximate surface area is 135 Å². The number of aryl methyl sites for hydroxylation is 1. The van der Waals surface area contributed by atoms with E-state index in [2.05, 4.69) is 40.7 Å². The summed E-state index contributed by atoms with van der Waals surface area (Å²) in [5.41, 5.74) is 3.19. The summed E-state index contributed by atoms with van der Waals surface area (Å²) in [7, 11) is 0. The number of rotatable bonds is 4. The fourth-order valence-corrected chi connectivity index (χ4v) is 3.53. The highest BCUT2D eigenvalue weighted by Gasteiger charge is 2.16. The number of piperidine rings is 1. The SMILES string of the molecule is Cc1cccc(-c2nc(CC(=O)N[C@H]3CCCNC3)cs2)c1. The number of thiazole rings is 1. The fraction of sp³-hybridized carbons (Fsp3) is 0.412. The van der Waals surface area contributed by atoms with E-state index >= 15 is 0 Å². The van der Waals surface area contributed by atoms with Crippen molar-refractivity contribution in [2.75, 3.05) is 13.1 Å². The lowest BCUT2D eigenvalue weighted by atomic mass is 10.1. The van der Waals surface area contributed by atoms with Gasteiger partial charge in [-0.05, 0) is 32.4 Å². The zero-order valence-electron chi connectivity index (χ0n) is 12.8. The predicted octanol–water partition coefficient (Wildman–Crippen LogP) is 2.53. The molecule has 1 aliphatic rings. The number of nitrogens with zero attached hydrogens (tertiary/aromatic N) is 1. The largest absolute Gasteiger partial charge is 0.352 e. The first-order valence-electron chi connectivity index (χ1n) is 7.72. The quantitative estimate of drug-likeness (QED) is 0.911. The van der Waals surface area contributed by atoms with Crippen LogP contribution in [0.5, 0.6) is 0 Å². The molecule has 4 nitrogen and oxygen atoms in total. The minimum atomic E-state index is 0.0646. The Bertz CT molecular complexity index is 647. The summed E-state index contributed by atoms with van der Waals surface area (Å²) >= 11 is 1.60. The number of hydrogen-bond acceptors (Lipinski definition) is 4. The number of carbonyl (C=O) groups excluding carboxylic acids is 1. The lowest BCUT2D eigenvalue weighted by molar-refractivity contribution is -0.121. The summed E-state index contributed by atoms with van der Waals surface area (Å²) in [5.74, 6) is 0.0646. The van der Waals surface area contributed by atoms with E-state index in [0.29, 0.717) is 6.42 Å². The molecule has 3 rings (SSSR count). The minimum absolute atomic E-state index is 0.0646. The first kappa shape index (κ1) is 15.2. The second-order valence-corrected chi connectivity index (χ2v) is 6.66. The molecule has 2 N–H and O–H groups in total. The van der Waals surface area contributed by atoms with Crippen molar-refractivity contribution in [2.24, 2.45) is 0 Å². The normalized spacial score (nSPS) is 18.1. The lowest BCUT2D eigenvalue weighted by Gasteiger charge is -2.23. The topological polar surface area (TPSA) is 54.0 Å². The molecule has 0 spiro atoms. The van der Waals surface area contributed by atoms with Gasteiger partial charge < -0.3 is 10.6 Å². The van der Waals surface area contributed by atoms with Gasteiger partial charge in [0.05, 0.1) is 12.1 Å². The molecule has 1 amide bonds. The Kier molecular flexibility index (Phi) is 4.85. The Hall–Kier alpha value is -1.72. The van der Waals surface area contributed by atoms with Crippen molar-refractivity contribution < 1.29 is 4.79 Å². The van der Waals surface area contributed by atoms with Gasteiger partial charge in [-0.3, -0.25) is 4.79 Å². The van der Waals surface area contributed by atoms with Crippen molar-refractivity contribution in [1.29, 1.82) is 0 Å². The van der Waals surface area contributed by atoms with Crippen LogP contribution in [0.25, 0.3) is 10.6 Å². The van der Waals surface area contributed by atoms with Crippen LogP contribution in [-0.4, -0.2) is 30.0 Å². The van der Waals surface area contributed by atoms with Gasteiger partial charge in [0.25, 0.3) is 0 Å². The Balaban J connectivity index is 1.60. The second kappa shape index (κ2) is 7.03. The lowest BCUT2D eigenvalue weighted by Crippen LogP contribution is -2.46. The molecule has 1 saturated heterocycles. The van der Waals surface area contributed by atoms with Crippen LogP contribution in [0.2, 0.25) is 0 Å². The van der Waals surface area contributed by atoms with Crippen molar-refractivity contribution in [3.63, 3.8) is 0 Å².